The highest BCUT2D eigenvalue weighted by atomic mass is 35.5. The number of rotatable bonds is 3. The molecule has 1 fully saturated rings. The Morgan fingerprint density at radius 3 is 2.36 bits per heavy atom. The van der Waals surface area contributed by atoms with E-state index in [4.69, 9.17) is 16.0 Å². The Kier molecular flexibility index (Phi) is 4.25. The summed E-state index contributed by atoms with van der Waals surface area (Å²) in [5.74, 6) is 1.17. The van der Waals surface area contributed by atoms with Crippen molar-refractivity contribution in [3.05, 3.63) is 87.8 Å². The summed E-state index contributed by atoms with van der Waals surface area (Å²) in [6, 6.07) is 19.6. The molecule has 0 N–H and O–H groups in total. The van der Waals surface area contributed by atoms with Gasteiger partial charge < -0.3 is 4.42 Å². The second-order valence-electron chi connectivity index (χ2n) is 7.23. The van der Waals surface area contributed by atoms with Gasteiger partial charge in [0.2, 0.25) is 5.43 Å². The van der Waals surface area contributed by atoms with Gasteiger partial charge in [-0.1, -0.05) is 72.6 Å². The van der Waals surface area contributed by atoms with Gasteiger partial charge in [0.15, 0.2) is 10.7 Å². The number of pyridine rings is 1. The molecule has 4 aromatic rings. The van der Waals surface area contributed by atoms with Crippen LogP contribution in [-0.4, -0.2) is 4.98 Å². The summed E-state index contributed by atoms with van der Waals surface area (Å²) >= 11 is 6.22. The maximum Gasteiger partial charge on any atom is 0.201 e. The molecule has 2 heterocycles. The topological polar surface area (TPSA) is 43.1 Å². The molecule has 1 aliphatic rings. The number of hydrogen-bond donors (Lipinski definition) is 0. The lowest BCUT2D eigenvalue weighted by molar-refractivity contribution is 0.420. The summed E-state index contributed by atoms with van der Waals surface area (Å²) in [5.41, 5.74) is 3.81. The lowest BCUT2D eigenvalue weighted by Crippen LogP contribution is -2.10. The van der Waals surface area contributed by atoms with Crippen molar-refractivity contribution in [3.63, 3.8) is 0 Å². The van der Waals surface area contributed by atoms with Gasteiger partial charge in [-0.2, -0.15) is 0 Å². The number of hydrogen-bond acceptors (Lipinski definition) is 3. The fraction of sp³-hybridized carbons (Fsp3) is 0.167. The van der Waals surface area contributed by atoms with Crippen molar-refractivity contribution >= 4 is 22.6 Å². The van der Waals surface area contributed by atoms with E-state index in [1.165, 1.54) is 31.0 Å². The number of nitrogens with zero attached hydrogens (tertiary/aromatic N) is 1. The third-order valence-electron chi connectivity index (χ3n) is 5.58. The molecule has 0 unspecified atom stereocenters. The first-order valence-electron chi connectivity index (χ1n) is 9.49. The van der Waals surface area contributed by atoms with E-state index in [-0.39, 0.29) is 10.6 Å². The molecule has 138 valence electrons. The lowest BCUT2D eigenvalue weighted by Gasteiger charge is -2.25. The van der Waals surface area contributed by atoms with Crippen molar-refractivity contribution in [2.75, 3.05) is 0 Å². The molecular formula is C24H18ClNO2. The van der Waals surface area contributed by atoms with E-state index in [9.17, 15) is 4.79 Å². The van der Waals surface area contributed by atoms with E-state index in [2.05, 4.69) is 17.1 Å². The summed E-state index contributed by atoms with van der Waals surface area (Å²) < 4.78 is 6.16. The first-order chi connectivity index (χ1) is 13.7. The van der Waals surface area contributed by atoms with Crippen molar-refractivity contribution in [1.82, 2.24) is 4.98 Å². The SMILES string of the molecule is O=c1c(-c2ccc(C3CCC3)cc2)c(-c2ccccc2)oc2c(Cl)nccc12. The predicted molar refractivity (Wildman–Crippen MR) is 113 cm³/mol. The van der Waals surface area contributed by atoms with Crippen molar-refractivity contribution < 1.29 is 4.42 Å². The normalized spacial score (nSPS) is 14.2. The zero-order valence-electron chi connectivity index (χ0n) is 15.2. The van der Waals surface area contributed by atoms with Gasteiger partial charge in [-0.25, -0.2) is 4.98 Å². The molecule has 0 atom stereocenters. The highest BCUT2D eigenvalue weighted by Crippen LogP contribution is 2.38. The largest absolute Gasteiger partial charge is 0.452 e. The highest BCUT2D eigenvalue weighted by molar-refractivity contribution is 6.33. The van der Waals surface area contributed by atoms with Crippen LogP contribution < -0.4 is 5.43 Å². The maximum atomic E-state index is 13.4. The average Bonchev–Trinajstić information content (AvgIpc) is 2.69. The van der Waals surface area contributed by atoms with Crippen molar-refractivity contribution in [2.45, 2.75) is 25.2 Å². The van der Waals surface area contributed by atoms with Crippen LogP contribution in [0.2, 0.25) is 5.15 Å². The van der Waals surface area contributed by atoms with Crippen LogP contribution in [0.1, 0.15) is 30.7 Å². The Labute approximate surface area is 167 Å². The van der Waals surface area contributed by atoms with Crippen molar-refractivity contribution in [2.24, 2.45) is 0 Å². The second-order valence-corrected chi connectivity index (χ2v) is 7.59. The maximum absolute atomic E-state index is 13.4. The van der Waals surface area contributed by atoms with E-state index in [0.717, 1.165) is 11.1 Å². The van der Waals surface area contributed by atoms with Gasteiger partial charge in [-0.3, -0.25) is 4.79 Å². The third kappa shape index (κ3) is 2.83. The molecule has 0 saturated heterocycles. The molecule has 0 aliphatic heterocycles. The highest BCUT2D eigenvalue weighted by Gasteiger charge is 2.22. The van der Waals surface area contributed by atoms with Crippen LogP contribution in [0.25, 0.3) is 33.4 Å². The Bertz CT molecular complexity index is 1210. The molecular weight excluding hydrogens is 370 g/mol. The zero-order valence-corrected chi connectivity index (χ0v) is 15.9. The van der Waals surface area contributed by atoms with Crippen molar-refractivity contribution in [3.8, 4) is 22.5 Å². The van der Waals surface area contributed by atoms with Gasteiger partial charge >= 0.3 is 0 Å². The van der Waals surface area contributed by atoms with Crippen LogP contribution in [0.4, 0.5) is 0 Å². The molecule has 28 heavy (non-hydrogen) atoms. The Balaban J connectivity index is 1.76. The van der Waals surface area contributed by atoms with Crippen LogP contribution in [-0.2, 0) is 0 Å². The smallest absolute Gasteiger partial charge is 0.201 e. The summed E-state index contributed by atoms with van der Waals surface area (Å²) in [6.45, 7) is 0. The van der Waals surface area contributed by atoms with Crippen LogP contribution in [0, 0.1) is 0 Å². The molecule has 3 nitrogen and oxygen atoms in total. The van der Waals surface area contributed by atoms with Gasteiger partial charge in [0.1, 0.15) is 5.76 Å². The van der Waals surface area contributed by atoms with Crippen LogP contribution in [0.3, 0.4) is 0 Å². The van der Waals surface area contributed by atoms with E-state index >= 15 is 0 Å². The van der Waals surface area contributed by atoms with Crippen LogP contribution in [0.5, 0.6) is 0 Å². The first kappa shape index (κ1) is 17.2. The second kappa shape index (κ2) is 6.92. The number of aromatic nitrogens is 1. The van der Waals surface area contributed by atoms with Crippen molar-refractivity contribution in [1.29, 1.82) is 0 Å². The Hall–Kier alpha value is -2.91. The van der Waals surface area contributed by atoms with Gasteiger partial charge in [0, 0.05) is 11.8 Å². The Morgan fingerprint density at radius 1 is 0.929 bits per heavy atom. The van der Waals surface area contributed by atoms with E-state index in [0.29, 0.717) is 28.2 Å². The zero-order chi connectivity index (χ0) is 19.1. The van der Waals surface area contributed by atoms with E-state index in [1.807, 2.05) is 42.5 Å². The molecule has 1 aliphatic carbocycles. The minimum atomic E-state index is -0.0965. The minimum Gasteiger partial charge on any atom is -0.452 e. The predicted octanol–water partition coefficient (Wildman–Crippen LogP) is 6.44. The molecule has 0 bridgehead atoms. The Morgan fingerprint density at radius 2 is 1.68 bits per heavy atom. The van der Waals surface area contributed by atoms with Gasteiger partial charge in [-0.15, -0.1) is 0 Å². The van der Waals surface area contributed by atoms with Gasteiger partial charge in [-0.05, 0) is 36.0 Å². The monoisotopic (exact) mass is 387 g/mol. The molecule has 2 aromatic heterocycles. The third-order valence-corrected chi connectivity index (χ3v) is 5.85. The standard InChI is InChI=1S/C24H18ClNO2/c25-24-23-19(13-14-26-24)21(27)20(22(28-23)18-5-2-1-3-6-18)17-11-9-16(10-12-17)15-7-4-8-15/h1-3,5-6,9-15H,4,7-8H2. The quantitative estimate of drug-likeness (QED) is 0.380. The van der Waals surface area contributed by atoms with E-state index in [1.54, 1.807) is 6.07 Å². The molecule has 0 spiro atoms. The van der Waals surface area contributed by atoms with Gasteiger partial charge in [0.05, 0.1) is 10.9 Å². The first-order valence-corrected chi connectivity index (χ1v) is 9.87. The molecule has 0 amide bonds. The fourth-order valence-corrected chi connectivity index (χ4v) is 4.00. The van der Waals surface area contributed by atoms with Gasteiger partial charge in [0.25, 0.3) is 0 Å². The molecule has 4 heteroatoms. The summed E-state index contributed by atoms with van der Waals surface area (Å²) in [5, 5.41) is 0.636. The average molecular weight is 388 g/mol. The number of benzene rings is 2. The summed E-state index contributed by atoms with van der Waals surface area (Å²) in [6.07, 6.45) is 5.33. The van der Waals surface area contributed by atoms with Crippen LogP contribution >= 0.6 is 11.6 Å². The molecule has 1 saturated carbocycles. The fourth-order valence-electron chi connectivity index (χ4n) is 3.81. The molecule has 5 rings (SSSR count). The molecule has 2 aromatic carbocycles. The van der Waals surface area contributed by atoms with Crippen LogP contribution in [0.15, 0.2) is 76.1 Å². The lowest BCUT2D eigenvalue weighted by atomic mass is 9.80. The summed E-state index contributed by atoms with van der Waals surface area (Å²) in [7, 11) is 0. The number of fused-ring (bicyclic) bond motifs is 1. The summed E-state index contributed by atoms with van der Waals surface area (Å²) in [4.78, 5) is 17.5. The van der Waals surface area contributed by atoms with E-state index < -0.39 is 0 Å². The minimum absolute atomic E-state index is 0.0965. The molecule has 0 radical (unpaired) electrons. The number of halogens is 1.